The fraction of sp³-hybridized carbons (Fsp3) is 0.0588. The van der Waals surface area contributed by atoms with E-state index in [1.54, 1.807) is 0 Å². The summed E-state index contributed by atoms with van der Waals surface area (Å²) in [7, 11) is -4.51. The Hall–Kier alpha value is -3.16. The first kappa shape index (κ1) is 22.0. The number of nitrogens with zero attached hydrogens (tertiary/aromatic N) is 5. The molecule has 32 heavy (non-hydrogen) atoms. The fourth-order valence-electron chi connectivity index (χ4n) is 2.68. The summed E-state index contributed by atoms with van der Waals surface area (Å²) in [5, 5.41) is 10.9. The van der Waals surface area contributed by atoms with E-state index in [1.807, 2.05) is 0 Å². The zero-order chi connectivity index (χ0) is 23.1. The molecule has 0 saturated carbocycles. The molecular formula is C17H9Cl2F3N6O3S. The van der Waals surface area contributed by atoms with Crippen molar-refractivity contribution in [1.29, 1.82) is 0 Å². The Bertz CT molecular complexity index is 1390. The lowest BCUT2D eigenvalue weighted by atomic mass is 10.2. The van der Waals surface area contributed by atoms with Crippen LogP contribution in [0, 0.1) is 0 Å². The zero-order valence-corrected chi connectivity index (χ0v) is 17.7. The zero-order valence-electron chi connectivity index (χ0n) is 15.4. The number of pyridine rings is 1. The van der Waals surface area contributed by atoms with Gasteiger partial charge in [-0.15, -0.1) is 10.2 Å². The lowest BCUT2D eigenvalue weighted by Crippen LogP contribution is -2.16. The maximum absolute atomic E-state index is 13.2. The first-order valence-corrected chi connectivity index (χ1v) is 10.7. The summed E-state index contributed by atoms with van der Waals surface area (Å²) in [6.45, 7) is 0. The third-order valence-electron chi connectivity index (χ3n) is 4.08. The minimum atomic E-state index is -4.85. The minimum Gasteiger partial charge on any atom is -0.363 e. The molecule has 0 amide bonds. The number of halogens is 5. The van der Waals surface area contributed by atoms with Gasteiger partial charge < -0.3 is 4.52 Å². The Morgan fingerprint density at radius 2 is 1.91 bits per heavy atom. The topological polar surface area (TPSA) is 116 Å². The largest absolute Gasteiger partial charge is 0.417 e. The standard InChI is InChI=1S/C17H9Cl2F3N6O3S/c18-9-5-13(15(23-7-9)16-25-24-8-28(16)14-3-4-31-26-14)27-32(29,30)10-1-2-12(19)11(6-10)17(20,21)22/h1-8,27H. The number of hydrogen-bond acceptors (Lipinski definition) is 7. The number of benzene rings is 1. The van der Waals surface area contributed by atoms with Crippen LogP contribution < -0.4 is 4.72 Å². The molecule has 0 unspecified atom stereocenters. The number of anilines is 1. The molecule has 0 atom stereocenters. The van der Waals surface area contributed by atoms with Gasteiger partial charge in [-0.2, -0.15) is 13.2 Å². The molecule has 0 fully saturated rings. The van der Waals surface area contributed by atoms with Gasteiger partial charge in [-0.25, -0.2) is 13.4 Å². The maximum Gasteiger partial charge on any atom is 0.417 e. The third kappa shape index (κ3) is 4.26. The van der Waals surface area contributed by atoms with Crippen molar-refractivity contribution in [3.8, 4) is 17.3 Å². The smallest absolute Gasteiger partial charge is 0.363 e. The van der Waals surface area contributed by atoms with E-state index >= 15 is 0 Å². The van der Waals surface area contributed by atoms with E-state index in [1.165, 1.54) is 35.5 Å². The molecule has 0 aliphatic heterocycles. The van der Waals surface area contributed by atoms with E-state index in [9.17, 15) is 21.6 Å². The number of aromatic nitrogens is 5. The predicted octanol–water partition coefficient (Wildman–Crippen LogP) is 4.44. The molecule has 0 bridgehead atoms. The van der Waals surface area contributed by atoms with Crippen molar-refractivity contribution in [1.82, 2.24) is 24.9 Å². The van der Waals surface area contributed by atoms with Crippen LogP contribution in [-0.2, 0) is 16.2 Å². The molecule has 166 valence electrons. The van der Waals surface area contributed by atoms with Crippen molar-refractivity contribution in [2.45, 2.75) is 11.1 Å². The van der Waals surface area contributed by atoms with Crippen LogP contribution in [0.4, 0.5) is 18.9 Å². The van der Waals surface area contributed by atoms with Crippen LogP contribution in [0.2, 0.25) is 10.0 Å². The second-order valence-corrected chi connectivity index (χ2v) is 8.70. The molecule has 1 N–H and O–H groups in total. The van der Waals surface area contributed by atoms with Gasteiger partial charge in [0, 0.05) is 12.3 Å². The summed E-state index contributed by atoms with van der Waals surface area (Å²) in [4.78, 5) is 3.43. The van der Waals surface area contributed by atoms with Gasteiger partial charge in [-0.3, -0.25) is 9.29 Å². The summed E-state index contributed by atoms with van der Waals surface area (Å²) in [5.41, 5.74) is -1.46. The van der Waals surface area contributed by atoms with Crippen molar-refractivity contribution in [2.24, 2.45) is 0 Å². The molecule has 0 saturated heterocycles. The monoisotopic (exact) mass is 504 g/mol. The van der Waals surface area contributed by atoms with Crippen molar-refractivity contribution >= 4 is 38.9 Å². The molecular weight excluding hydrogens is 496 g/mol. The third-order valence-corrected chi connectivity index (χ3v) is 5.98. The van der Waals surface area contributed by atoms with Crippen molar-refractivity contribution in [3.05, 3.63) is 64.7 Å². The molecule has 3 aromatic heterocycles. The van der Waals surface area contributed by atoms with Gasteiger partial charge in [0.2, 0.25) is 0 Å². The quantitative estimate of drug-likeness (QED) is 0.426. The SMILES string of the molecule is O=S(=O)(Nc1cc(Cl)cnc1-c1nncn1-c1ccon1)c1ccc(Cl)c(C(F)(F)F)c1. The van der Waals surface area contributed by atoms with Gasteiger partial charge >= 0.3 is 6.18 Å². The molecule has 15 heteroatoms. The van der Waals surface area contributed by atoms with Gasteiger partial charge in [-0.1, -0.05) is 28.4 Å². The molecule has 0 aliphatic rings. The Labute approximate surface area is 187 Å². The molecule has 0 aliphatic carbocycles. The molecule has 4 rings (SSSR count). The van der Waals surface area contributed by atoms with Crippen molar-refractivity contribution in [2.75, 3.05) is 4.72 Å². The number of rotatable bonds is 5. The van der Waals surface area contributed by atoms with E-state index in [0.29, 0.717) is 6.07 Å². The Balaban J connectivity index is 1.79. The van der Waals surface area contributed by atoms with Crippen LogP contribution in [0.5, 0.6) is 0 Å². The summed E-state index contributed by atoms with van der Waals surface area (Å²) in [6.07, 6.45) is -1.02. The van der Waals surface area contributed by atoms with Crippen LogP contribution in [-0.4, -0.2) is 33.3 Å². The van der Waals surface area contributed by atoms with E-state index in [0.717, 1.165) is 12.1 Å². The van der Waals surface area contributed by atoms with Crippen molar-refractivity contribution < 1.29 is 26.1 Å². The second-order valence-electron chi connectivity index (χ2n) is 6.18. The number of nitrogens with one attached hydrogen (secondary N) is 1. The van der Waals surface area contributed by atoms with Gasteiger partial charge in [-0.05, 0) is 24.3 Å². The molecule has 9 nitrogen and oxygen atoms in total. The summed E-state index contributed by atoms with van der Waals surface area (Å²) < 4.78 is 73.6. The number of alkyl halides is 3. The predicted molar refractivity (Wildman–Crippen MR) is 107 cm³/mol. The summed E-state index contributed by atoms with van der Waals surface area (Å²) in [6, 6.07) is 4.94. The maximum atomic E-state index is 13.2. The van der Waals surface area contributed by atoms with Crippen LogP contribution in [0.3, 0.4) is 0 Å². The van der Waals surface area contributed by atoms with Crippen molar-refractivity contribution in [3.63, 3.8) is 0 Å². The highest BCUT2D eigenvalue weighted by Crippen LogP contribution is 2.37. The van der Waals surface area contributed by atoms with E-state index < -0.39 is 31.7 Å². The van der Waals surface area contributed by atoms with E-state index in [2.05, 4.69) is 25.1 Å². The molecule has 0 radical (unpaired) electrons. The highest BCUT2D eigenvalue weighted by atomic mass is 35.5. The summed E-state index contributed by atoms with van der Waals surface area (Å²) in [5.74, 6) is 0.350. The van der Waals surface area contributed by atoms with Crippen LogP contribution in [0.15, 0.2) is 58.5 Å². The van der Waals surface area contributed by atoms with Gasteiger partial charge in [0.15, 0.2) is 11.6 Å². The normalized spacial score (nSPS) is 12.2. The summed E-state index contributed by atoms with van der Waals surface area (Å²) >= 11 is 11.5. The Morgan fingerprint density at radius 1 is 1.12 bits per heavy atom. The van der Waals surface area contributed by atoms with Crippen LogP contribution in [0.1, 0.15) is 5.56 Å². The lowest BCUT2D eigenvalue weighted by molar-refractivity contribution is -0.137. The molecule has 3 heterocycles. The van der Waals surface area contributed by atoms with Crippen LogP contribution >= 0.6 is 23.2 Å². The Kier molecular flexibility index (Phi) is 5.56. The fourth-order valence-corrected chi connectivity index (χ4v) is 4.15. The molecule has 0 spiro atoms. The first-order chi connectivity index (χ1) is 15.1. The molecule has 1 aromatic carbocycles. The van der Waals surface area contributed by atoms with Gasteiger partial charge in [0.1, 0.15) is 18.3 Å². The molecule has 4 aromatic rings. The average molecular weight is 505 g/mol. The van der Waals surface area contributed by atoms with Crippen LogP contribution in [0.25, 0.3) is 17.3 Å². The average Bonchev–Trinajstić information content (AvgIpc) is 3.38. The van der Waals surface area contributed by atoms with E-state index in [4.69, 9.17) is 27.7 Å². The number of sulfonamides is 1. The Morgan fingerprint density at radius 3 is 2.59 bits per heavy atom. The number of hydrogen-bond donors (Lipinski definition) is 1. The highest BCUT2D eigenvalue weighted by Gasteiger charge is 2.34. The van der Waals surface area contributed by atoms with E-state index in [-0.39, 0.29) is 28.0 Å². The second kappa shape index (κ2) is 8.07. The van der Waals surface area contributed by atoms with Gasteiger partial charge in [0.05, 0.1) is 26.2 Å². The van der Waals surface area contributed by atoms with Gasteiger partial charge in [0.25, 0.3) is 10.0 Å². The minimum absolute atomic E-state index is 0.0107. The first-order valence-electron chi connectivity index (χ1n) is 8.42. The highest BCUT2D eigenvalue weighted by molar-refractivity contribution is 7.92. The lowest BCUT2D eigenvalue weighted by Gasteiger charge is -2.14.